The van der Waals surface area contributed by atoms with Crippen LogP contribution in [0.3, 0.4) is 0 Å². The number of imidazole rings is 1. The van der Waals surface area contributed by atoms with Crippen molar-refractivity contribution >= 4 is 17.0 Å². The molecular formula is C12H19N5. The lowest BCUT2D eigenvalue weighted by Gasteiger charge is -2.36. The first kappa shape index (κ1) is 11.9. The Hall–Kier alpha value is -1.62. The van der Waals surface area contributed by atoms with E-state index < -0.39 is 0 Å². The van der Waals surface area contributed by atoms with Crippen LogP contribution in [0.25, 0.3) is 11.2 Å². The molecule has 0 fully saturated rings. The average molecular weight is 233 g/mol. The standard InChI is InChI=1S/C12H19N5/c1-11(2,12(3,4)14)10-15-7-5-6-8(13)16-9(7)17-10/h5-6H,14H2,1-4H3,(H3,13,15,16,17). The molecule has 2 aromatic rings. The maximum atomic E-state index is 6.19. The Bertz CT molecular complexity index is 548. The molecule has 0 aromatic carbocycles. The highest BCUT2D eigenvalue weighted by atomic mass is 15.0. The third kappa shape index (κ3) is 1.86. The van der Waals surface area contributed by atoms with Gasteiger partial charge in [-0.15, -0.1) is 0 Å². The van der Waals surface area contributed by atoms with E-state index in [0.29, 0.717) is 11.5 Å². The molecule has 2 aromatic heterocycles. The number of fused-ring (bicyclic) bond motifs is 1. The van der Waals surface area contributed by atoms with Crippen molar-refractivity contribution in [3.8, 4) is 0 Å². The summed E-state index contributed by atoms with van der Waals surface area (Å²) in [5, 5.41) is 0. The molecule has 0 spiro atoms. The van der Waals surface area contributed by atoms with Gasteiger partial charge in [0.05, 0.1) is 5.52 Å². The second-order valence-electron chi connectivity index (χ2n) is 5.54. The zero-order valence-electron chi connectivity index (χ0n) is 10.7. The minimum atomic E-state index is -0.383. The summed E-state index contributed by atoms with van der Waals surface area (Å²) in [6.07, 6.45) is 0. The number of rotatable bonds is 2. The highest BCUT2D eigenvalue weighted by Gasteiger charge is 2.37. The number of nitrogens with one attached hydrogen (secondary N) is 1. The van der Waals surface area contributed by atoms with Gasteiger partial charge in [-0.25, -0.2) is 9.97 Å². The molecule has 17 heavy (non-hydrogen) atoms. The van der Waals surface area contributed by atoms with Crippen molar-refractivity contribution in [2.24, 2.45) is 5.73 Å². The van der Waals surface area contributed by atoms with Gasteiger partial charge < -0.3 is 16.5 Å². The fourth-order valence-corrected chi connectivity index (χ4v) is 1.51. The average Bonchev–Trinajstić information content (AvgIpc) is 2.58. The van der Waals surface area contributed by atoms with Gasteiger partial charge in [-0.3, -0.25) is 0 Å². The molecule has 0 aliphatic rings. The van der Waals surface area contributed by atoms with Gasteiger partial charge in [0, 0.05) is 11.0 Å². The minimum absolute atomic E-state index is 0.275. The number of aromatic amines is 1. The van der Waals surface area contributed by atoms with Crippen LogP contribution in [-0.2, 0) is 5.41 Å². The van der Waals surface area contributed by atoms with Crippen molar-refractivity contribution in [3.05, 3.63) is 18.0 Å². The first-order valence-corrected chi connectivity index (χ1v) is 5.63. The quantitative estimate of drug-likeness (QED) is 0.733. The smallest absolute Gasteiger partial charge is 0.179 e. The molecule has 0 saturated carbocycles. The second kappa shape index (κ2) is 3.43. The molecule has 0 atom stereocenters. The number of hydrogen-bond acceptors (Lipinski definition) is 4. The molecule has 0 saturated heterocycles. The van der Waals surface area contributed by atoms with Crippen LogP contribution in [0.5, 0.6) is 0 Å². The number of hydrogen-bond donors (Lipinski definition) is 3. The number of anilines is 1. The maximum absolute atomic E-state index is 6.19. The Labute approximate surface area is 101 Å². The van der Waals surface area contributed by atoms with E-state index in [1.807, 2.05) is 19.9 Å². The van der Waals surface area contributed by atoms with Crippen molar-refractivity contribution in [2.45, 2.75) is 38.6 Å². The Morgan fingerprint density at radius 3 is 2.35 bits per heavy atom. The summed E-state index contributed by atoms with van der Waals surface area (Å²) in [7, 11) is 0. The molecule has 2 rings (SSSR count). The predicted molar refractivity (Wildman–Crippen MR) is 69.6 cm³/mol. The van der Waals surface area contributed by atoms with E-state index in [2.05, 4.69) is 28.8 Å². The minimum Gasteiger partial charge on any atom is -0.384 e. The van der Waals surface area contributed by atoms with Crippen LogP contribution in [0.2, 0.25) is 0 Å². The van der Waals surface area contributed by atoms with Crippen LogP contribution in [0.4, 0.5) is 5.82 Å². The Kier molecular flexibility index (Phi) is 2.39. The fourth-order valence-electron chi connectivity index (χ4n) is 1.51. The van der Waals surface area contributed by atoms with Crippen LogP contribution in [0.15, 0.2) is 12.1 Å². The molecule has 5 heteroatoms. The molecule has 2 heterocycles. The molecule has 0 amide bonds. The third-order valence-electron chi connectivity index (χ3n) is 3.57. The van der Waals surface area contributed by atoms with Gasteiger partial charge in [0.25, 0.3) is 0 Å². The number of aromatic nitrogens is 3. The van der Waals surface area contributed by atoms with E-state index in [9.17, 15) is 0 Å². The Morgan fingerprint density at radius 1 is 1.12 bits per heavy atom. The van der Waals surface area contributed by atoms with Gasteiger partial charge in [0.15, 0.2) is 5.65 Å². The van der Waals surface area contributed by atoms with Crippen molar-refractivity contribution < 1.29 is 0 Å². The largest absolute Gasteiger partial charge is 0.384 e. The van der Waals surface area contributed by atoms with E-state index in [-0.39, 0.29) is 11.0 Å². The molecule has 0 radical (unpaired) electrons. The first-order chi connectivity index (χ1) is 7.72. The molecule has 0 unspecified atom stereocenters. The van der Waals surface area contributed by atoms with Crippen LogP contribution in [0, 0.1) is 0 Å². The van der Waals surface area contributed by atoms with E-state index in [0.717, 1.165) is 11.3 Å². The number of H-pyrrole nitrogens is 1. The lowest BCUT2D eigenvalue weighted by Crippen LogP contribution is -2.50. The molecule has 92 valence electrons. The van der Waals surface area contributed by atoms with E-state index in [1.165, 1.54) is 0 Å². The monoisotopic (exact) mass is 233 g/mol. The molecule has 5 N–H and O–H groups in total. The summed E-state index contributed by atoms with van der Waals surface area (Å²) in [4.78, 5) is 11.9. The van der Waals surface area contributed by atoms with Gasteiger partial charge in [-0.1, -0.05) is 13.8 Å². The lowest BCUT2D eigenvalue weighted by molar-refractivity contribution is 0.293. The number of nitrogens with two attached hydrogens (primary N) is 2. The lowest BCUT2D eigenvalue weighted by atomic mass is 9.74. The van der Waals surface area contributed by atoms with Gasteiger partial charge in [-0.2, -0.15) is 0 Å². The molecule has 0 aliphatic carbocycles. The number of nitrogen functional groups attached to an aromatic ring is 1. The van der Waals surface area contributed by atoms with Crippen molar-refractivity contribution in [3.63, 3.8) is 0 Å². The normalized spacial score (nSPS) is 13.2. The van der Waals surface area contributed by atoms with Gasteiger partial charge >= 0.3 is 0 Å². The molecule has 0 bridgehead atoms. The number of nitrogens with zero attached hydrogens (tertiary/aromatic N) is 2. The van der Waals surface area contributed by atoms with Crippen LogP contribution < -0.4 is 11.5 Å². The zero-order valence-corrected chi connectivity index (χ0v) is 10.7. The van der Waals surface area contributed by atoms with Crippen LogP contribution >= 0.6 is 0 Å². The van der Waals surface area contributed by atoms with Crippen molar-refractivity contribution in [1.82, 2.24) is 15.0 Å². The predicted octanol–water partition coefficient (Wildman–Crippen LogP) is 1.55. The molecular weight excluding hydrogens is 214 g/mol. The maximum Gasteiger partial charge on any atom is 0.179 e. The SMILES string of the molecule is CC(C)(N)C(C)(C)c1nc2nc(N)ccc2[nH]1. The van der Waals surface area contributed by atoms with Crippen LogP contribution in [-0.4, -0.2) is 20.5 Å². The van der Waals surface area contributed by atoms with Gasteiger partial charge in [0.2, 0.25) is 0 Å². The van der Waals surface area contributed by atoms with E-state index in [4.69, 9.17) is 11.5 Å². The third-order valence-corrected chi connectivity index (χ3v) is 3.57. The van der Waals surface area contributed by atoms with Gasteiger partial charge in [0.1, 0.15) is 11.6 Å². The number of pyridine rings is 1. The molecule has 0 aliphatic heterocycles. The van der Waals surface area contributed by atoms with E-state index in [1.54, 1.807) is 6.07 Å². The Balaban J connectivity index is 2.57. The summed E-state index contributed by atoms with van der Waals surface area (Å²) < 4.78 is 0. The Morgan fingerprint density at radius 2 is 1.76 bits per heavy atom. The fraction of sp³-hybridized carbons (Fsp3) is 0.500. The topological polar surface area (TPSA) is 93.6 Å². The van der Waals surface area contributed by atoms with Crippen LogP contribution in [0.1, 0.15) is 33.5 Å². The highest BCUT2D eigenvalue weighted by molar-refractivity contribution is 5.72. The summed E-state index contributed by atoms with van der Waals surface area (Å²) in [5.74, 6) is 1.30. The summed E-state index contributed by atoms with van der Waals surface area (Å²) in [5.41, 5.74) is 12.7. The van der Waals surface area contributed by atoms with Crippen molar-refractivity contribution in [1.29, 1.82) is 0 Å². The van der Waals surface area contributed by atoms with Gasteiger partial charge in [-0.05, 0) is 26.0 Å². The highest BCUT2D eigenvalue weighted by Crippen LogP contribution is 2.31. The second-order valence-corrected chi connectivity index (χ2v) is 5.54. The first-order valence-electron chi connectivity index (χ1n) is 5.63. The van der Waals surface area contributed by atoms with Crippen molar-refractivity contribution in [2.75, 3.05) is 5.73 Å². The molecule has 5 nitrogen and oxygen atoms in total. The summed E-state index contributed by atoms with van der Waals surface area (Å²) in [6.45, 7) is 8.10. The summed E-state index contributed by atoms with van der Waals surface area (Å²) in [6, 6.07) is 3.64. The van der Waals surface area contributed by atoms with E-state index >= 15 is 0 Å². The zero-order chi connectivity index (χ0) is 12.8. The summed E-state index contributed by atoms with van der Waals surface area (Å²) >= 11 is 0.